The number of amides is 1. The first-order chi connectivity index (χ1) is 13.8. The molecule has 3 N–H and O–H groups in total. The average Bonchev–Trinajstić information content (AvgIpc) is 3.20. The van der Waals surface area contributed by atoms with Crippen molar-refractivity contribution < 1.29 is 4.79 Å². The Morgan fingerprint density at radius 1 is 1.41 bits per heavy atom. The Labute approximate surface area is 180 Å². The number of nitrogens with one attached hydrogen (secondary N) is 3. The highest BCUT2D eigenvalue weighted by atomic mass is 79.9. The number of nitrogens with zero attached hydrogens (tertiary/aromatic N) is 2. The third-order valence-electron chi connectivity index (χ3n) is 7.72. The van der Waals surface area contributed by atoms with Gasteiger partial charge < -0.3 is 16.0 Å². The van der Waals surface area contributed by atoms with E-state index in [9.17, 15) is 9.59 Å². The van der Waals surface area contributed by atoms with Crippen LogP contribution in [0.4, 0.5) is 5.69 Å². The Morgan fingerprint density at radius 2 is 2.21 bits per heavy atom. The van der Waals surface area contributed by atoms with Crippen LogP contribution in [-0.2, 0) is 11.3 Å². The summed E-state index contributed by atoms with van der Waals surface area (Å²) in [5.74, 6) is 2.31. The van der Waals surface area contributed by atoms with Gasteiger partial charge in [0.15, 0.2) is 0 Å². The standard InChI is InChI=1S/C21H32BrN5O2/c1-12-15-6-14(21(15,2)3)7-16(12)26-17-10-25-27(20(29)19(17)22)11-18(28)24-9-13-4-5-23-8-13/h10,12-16,23,26H,4-9,11H2,1-3H3,(H,24,28)/t12-,13+,14-,15+,16-/m1/s1. The number of halogens is 1. The van der Waals surface area contributed by atoms with Crippen LogP contribution >= 0.6 is 15.9 Å². The maximum Gasteiger partial charge on any atom is 0.283 e. The van der Waals surface area contributed by atoms with Crippen molar-refractivity contribution in [2.24, 2.45) is 29.1 Å². The van der Waals surface area contributed by atoms with Gasteiger partial charge in [-0.3, -0.25) is 9.59 Å². The van der Waals surface area contributed by atoms with Crippen molar-refractivity contribution in [1.29, 1.82) is 0 Å². The fraction of sp³-hybridized carbons (Fsp3) is 0.762. The van der Waals surface area contributed by atoms with Gasteiger partial charge in [-0.2, -0.15) is 5.10 Å². The number of fused-ring (bicyclic) bond motifs is 2. The lowest BCUT2D eigenvalue weighted by atomic mass is 9.45. The van der Waals surface area contributed by atoms with Crippen molar-refractivity contribution in [2.45, 2.75) is 52.6 Å². The minimum atomic E-state index is -0.276. The zero-order valence-corrected chi connectivity index (χ0v) is 19.1. The SMILES string of the molecule is C[C@H]1[C@H](Nc2cnn(CC(=O)NC[C@H]3CCNC3)c(=O)c2Br)C[C@H]2C[C@@H]1C2(C)C. The molecule has 0 unspecified atom stereocenters. The van der Waals surface area contributed by atoms with E-state index in [-0.39, 0.29) is 18.0 Å². The molecule has 1 amide bonds. The van der Waals surface area contributed by atoms with Crippen LogP contribution in [0.25, 0.3) is 0 Å². The van der Waals surface area contributed by atoms with Crippen molar-refractivity contribution in [2.75, 3.05) is 25.0 Å². The second-order valence-corrected chi connectivity index (χ2v) is 10.5. The summed E-state index contributed by atoms with van der Waals surface area (Å²) in [6.07, 6.45) is 5.18. The second-order valence-electron chi connectivity index (χ2n) is 9.70. The van der Waals surface area contributed by atoms with Crippen LogP contribution in [0.1, 0.15) is 40.0 Å². The molecule has 4 aliphatic rings. The molecule has 160 valence electrons. The van der Waals surface area contributed by atoms with Gasteiger partial charge in [0.05, 0.1) is 11.9 Å². The molecule has 3 aliphatic carbocycles. The fourth-order valence-electron chi connectivity index (χ4n) is 5.56. The summed E-state index contributed by atoms with van der Waals surface area (Å²) >= 11 is 3.43. The predicted octanol–water partition coefficient (Wildman–Crippen LogP) is 2.21. The van der Waals surface area contributed by atoms with Crippen LogP contribution in [0.5, 0.6) is 0 Å². The van der Waals surface area contributed by atoms with E-state index < -0.39 is 0 Å². The summed E-state index contributed by atoms with van der Waals surface area (Å²) in [4.78, 5) is 24.9. The lowest BCUT2D eigenvalue weighted by Crippen LogP contribution is -2.58. The summed E-state index contributed by atoms with van der Waals surface area (Å²) in [6.45, 7) is 9.59. The maximum atomic E-state index is 12.7. The molecule has 7 nitrogen and oxygen atoms in total. The van der Waals surface area contributed by atoms with Gasteiger partial charge in [-0.25, -0.2) is 4.68 Å². The summed E-state index contributed by atoms with van der Waals surface area (Å²) < 4.78 is 1.67. The summed E-state index contributed by atoms with van der Waals surface area (Å²) in [6, 6.07) is 0.350. The third kappa shape index (κ3) is 3.98. The molecule has 29 heavy (non-hydrogen) atoms. The second kappa shape index (κ2) is 8.02. The molecule has 2 bridgehead atoms. The molecule has 8 heteroatoms. The van der Waals surface area contributed by atoms with Crippen LogP contribution in [0.3, 0.4) is 0 Å². The number of carbonyl (C=O) groups excluding carboxylic acids is 1. The van der Waals surface area contributed by atoms with Crippen molar-refractivity contribution in [1.82, 2.24) is 20.4 Å². The molecule has 0 spiro atoms. The molecule has 0 aromatic carbocycles. The van der Waals surface area contributed by atoms with E-state index in [4.69, 9.17) is 0 Å². The number of rotatable bonds is 6. The van der Waals surface area contributed by atoms with Gasteiger partial charge in [0.1, 0.15) is 11.0 Å². The topological polar surface area (TPSA) is 88.1 Å². The zero-order chi connectivity index (χ0) is 20.8. The highest BCUT2D eigenvalue weighted by Gasteiger charge is 2.56. The summed E-state index contributed by atoms with van der Waals surface area (Å²) in [5.41, 5.74) is 0.875. The van der Waals surface area contributed by atoms with Gasteiger partial charge in [0.2, 0.25) is 5.91 Å². The van der Waals surface area contributed by atoms with Crippen molar-refractivity contribution in [3.63, 3.8) is 0 Å². The van der Waals surface area contributed by atoms with Crippen LogP contribution in [0.15, 0.2) is 15.5 Å². The first-order valence-corrected chi connectivity index (χ1v) is 11.6. The highest BCUT2D eigenvalue weighted by molar-refractivity contribution is 9.10. The largest absolute Gasteiger partial charge is 0.380 e. The van der Waals surface area contributed by atoms with Gasteiger partial charge in [0, 0.05) is 12.6 Å². The Bertz CT molecular complexity index is 833. The van der Waals surface area contributed by atoms with Crippen LogP contribution < -0.4 is 21.5 Å². The maximum absolute atomic E-state index is 12.7. The Balaban J connectivity index is 1.37. The van der Waals surface area contributed by atoms with Crippen molar-refractivity contribution in [3.05, 3.63) is 21.0 Å². The Hall–Kier alpha value is -1.41. The molecule has 1 aromatic heterocycles. The normalized spacial score (nSPS) is 32.5. The average molecular weight is 466 g/mol. The number of carbonyl (C=O) groups is 1. The lowest BCUT2D eigenvalue weighted by Gasteiger charge is -2.62. The lowest BCUT2D eigenvalue weighted by molar-refractivity contribution is -0.122. The fourth-order valence-corrected chi connectivity index (χ4v) is 5.98. The van der Waals surface area contributed by atoms with Gasteiger partial charge in [-0.1, -0.05) is 20.8 Å². The Morgan fingerprint density at radius 3 is 2.86 bits per heavy atom. The molecule has 0 radical (unpaired) electrons. The molecule has 5 rings (SSSR count). The smallest absolute Gasteiger partial charge is 0.283 e. The van der Waals surface area contributed by atoms with Crippen LogP contribution in [-0.4, -0.2) is 41.4 Å². The highest BCUT2D eigenvalue weighted by Crippen LogP contribution is 2.61. The minimum Gasteiger partial charge on any atom is -0.380 e. The zero-order valence-electron chi connectivity index (χ0n) is 17.5. The predicted molar refractivity (Wildman–Crippen MR) is 117 cm³/mol. The van der Waals surface area contributed by atoms with E-state index in [1.165, 1.54) is 11.1 Å². The number of aromatic nitrogens is 2. The van der Waals surface area contributed by atoms with Crippen molar-refractivity contribution in [3.8, 4) is 0 Å². The molecule has 5 atom stereocenters. The van der Waals surface area contributed by atoms with Crippen LogP contribution in [0, 0.1) is 29.1 Å². The van der Waals surface area contributed by atoms with E-state index in [0.717, 1.165) is 43.5 Å². The summed E-state index contributed by atoms with van der Waals surface area (Å²) in [5, 5.41) is 14.0. The van der Waals surface area contributed by atoms with Crippen LogP contribution in [0.2, 0.25) is 0 Å². The molecule has 2 heterocycles. The van der Waals surface area contributed by atoms with E-state index in [1.807, 2.05) is 0 Å². The van der Waals surface area contributed by atoms with Gasteiger partial charge in [-0.15, -0.1) is 0 Å². The summed E-state index contributed by atoms with van der Waals surface area (Å²) in [7, 11) is 0. The third-order valence-corrected chi connectivity index (χ3v) is 8.49. The molecule has 4 fully saturated rings. The molecule has 1 saturated heterocycles. The molecular formula is C21H32BrN5O2. The van der Waals surface area contributed by atoms with Gasteiger partial charge in [0.25, 0.3) is 5.56 Å². The van der Waals surface area contributed by atoms with E-state index in [0.29, 0.717) is 34.3 Å². The first-order valence-electron chi connectivity index (χ1n) is 10.8. The number of hydrogen-bond acceptors (Lipinski definition) is 5. The number of anilines is 1. The van der Waals surface area contributed by atoms with Gasteiger partial charge >= 0.3 is 0 Å². The quantitative estimate of drug-likeness (QED) is 0.599. The van der Waals surface area contributed by atoms with Crippen molar-refractivity contribution >= 4 is 27.5 Å². The first kappa shape index (κ1) is 20.8. The van der Waals surface area contributed by atoms with E-state index >= 15 is 0 Å². The molecule has 1 aromatic rings. The van der Waals surface area contributed by atoms with E-state index in [2.05, 4.69) is 57.8 Å². The molecule has 1 aliphatic heterocycles. The van der Waals surface area contributed by atoms with E-state index in [1.54, 1.807) is 6.20 Å². The molecule has 3 saturated carbocycles. The Kier molecular flexibility index (Phi) is 5.77. The van der Waals surface area contributed by atoms with Gasteiger partial charge in [-0.05, 0) is 77.4 Å². The molecular weight excluding hydrogens is 434 g/mol. The number of hydrogen-bond donors (Lipinski definition) is 3. The minimum absolute atomic E-state index is 0.0595. The monoisotopic (exact) mass is 465 g/mol.